The molecule has 102 valence electrons. The quantitative estimate of drug-likeness (QED) is 0.722. The van der Waals surface area contributed by atoms with Gasteiger partial charge < -0.3 is 5.32 Å². The number of rotatable bonds is 5. The summed E-state index contributed by atoms with van der Waals surface area (Å²) in [5, 5.41) is 9.11. The van der Waals surface area contributed by atoms with Crippen molar-refractivity contribution in [2.75, 3.05) is 6.54 Å². The highest BCUT2D eigenvalue weighted by Gasteiger charge is 2.05. The first-order valence-corrected chi connectivity index (χ1v) is 6.98. The summed E-state index contributed by atoms with van der Waals surface area (Å²) in [5.74, 6) is 0. The molecule has 0 aliphatic carbocycles. The van der Waals surface area contributed by atoms with Crippen molar-refractivity contribution in [2.45, 2.75) is 19.9 Å². The van der Waals surface area contributed by atoms with Crippen molar-refractivity contribution >= 4 is 10.9 Å². The molecule has 0 amide bonds. The van der Waals surface area contributed by atoms with Gasteiger partial charge in [-0.2, -0.15) is 5.10 Å². The Morgan fingerprint density at radius 2 is 2.05 bits per heavy atom. The standard InChI is InChI=1S/C16H18N4/c1-2-9-17-12-14-8-11-20(19-14)15-7-3-5-13-6-4-10-18-16(13)15/h3-8,10-11,17H,2,9,12H2,1H3. The van der Waals surface area contributed by atoms with Gasteiger partial charge in [0.05, 0.1) is 16.9 Å². The Hall–Kier alpha value is -2.20. The van der Waals surface area contributed by atoms with E-state index < -0.39 is 0 Å². The van der Waals surface area contributed by atoms with Crippen LogP contribution in [0.15, 0.2) is 48.8 Å². The number of para-hydroxylation sites is 1. The van der Waals surface area contributed by atoms with E-state index in [0.29, 0.717) is 0 Å². The molecule has 0 fully saturated rings. The SMILES string of the molecule is CCCNCc1ccn(-c2cccc3cccnc23)n1. The summed E-state index contributed by atoms with van der Waals surface area (Å²) in [6.07, 6.45) is 4.94. The Morgan fingerprint density at radius 3 is 2.95 bits per heavy atom. The lowest BCUT2D eigenvalue weighted by atomic mass is 10.2. The zero-order valence-electron chi connectivity index (χ0n) is 11.6. The number of hydrogen-bond donors (Lipinski definition) is 1. The molecule has 3 aromatic rings. The van der Waals surface area contributed by atoms with Gasteiger partial charge in [0.2, 0.25) is 0 Å². The normalized spacial score (nSPS) is 11.1. The number of hydrogen-bond acceptors (Lipinski definition) is 3. The van der Waals surface area contributed by atoms with Crippen molar-refractivity contribution in [1.82, 2.24) is 20.1 Å². The summed E-state index contributed by atoms with van der Waals surface area (Å²) in [6.45, 7) is 3.98. The van der Waals surface area contributed by atoms with Crippen LogP contribution >= 0.6 is 0 Å². The lowest BCUT2D eigenvalue weighted by Gasteiger charge is -2.05. The highest BCUT2D eigenvalue weighted by molar-refractivity contribution is 5.86. The first kappa shape index (κ1) is 12.8. The number of nitrogens with zero attached hydrogens (tertiary/aromatic N) is 3. The Kier molecular flexibility index (Phi) is 3.74. The molecular weight excluding hydrogens is 248 g/mol. The lowest BCUT2D eigenvalue weighted by Crippen LogP contribution is -2.14. The summed E-state index contributed by atoms with van der Waals surface area (Å²) in [7, 11) is 0. The van der Waals surface area contributed by atoms with Crippen LogP contribution in [0.4, 0.5) is 0 Å². The van der Waals surface area contributed by atoms with Crippen molar-refractivity contribution in [2.24, 2.45) is 0 Å². The molecule has 1 N–H and O–H groups in total. The molecule has 4 nitrogen and oxygen atoms in total. The average Bonchev–Trinajstić information content (AvgIpc) is 2.96. The smallest absolute Gasteiger partial charge is 0.0958 e. The molecule has 0 radical (unpaired) electrons. The van der Waals surface area contributed by atoms with Crippen LogP contribution in [0.3, 0.4) is 0 Å². The molecule has 2 heterocycles. The molecule has 0 saturated heterocycles. The van der Waals surface area contributed by atoms with E-state index in [9.17, 15) is 0 Å². The third kappa shape index (κ3) is 2.56. The number of fused-ring (bicyclic) bond motifs is 1. The summed E-state index contributed by atoms with van der Waals surface area (Å²) >= 11 is 0. The van der Waals surface area contributed by atoms with Crippen LogP contribution in [0, 0.1) is 0 Å². The van der Waals surface area contributed by atoms with E-state index in [2.05, 4.69) is 34.5 Å². The molecule has 0 aliphatic heterocycles. The van der Waals surface area contributed by atoms with E-state index in [1.807, 2.05) is 41.3 Å². The second-order valence-electron chi connectivity index (χ2n) is 4.78. The molecule has 0 saturated carbocycles. The van der Waals surface area contributed by atoms with Crippen LogP contribution < -0.4 is 5.32 Å². The number of nitrogens with one attached hydrogen (secondary N) is 1. The van der Waals surface area contributed by atoms with Crippen LogP contribution in [0.2, 0.25) is 0 Å². The molecule has 0 unspecified atom stereocenters. The monoisotopic (exact) mass is 266 g/mol. The molecule has 0 spiro atoms. The van der Waals surface area contributed by atoms with Crippen molar-refractivity contribution in [3.8, 4) is 5.69 Å². The van der Waals surface area contributed by atoms with Gasteiger partial charge in [-0.3, -0.25) is 4.98 Å². The molecule has 0 aliphatic rings. The van der Waals surface area contributed by atoms with Gasteiger partial charge in [-0.15, -0.1) is 0 Å². The minimum Gasteiger partial charge on any atom is -0.311 e. The highest BCUT2D eigenvalue weighted by Crippen LogP contribution is 2.19. The van der Waals surface area contributed by atoms with Crippen LogP contribution in [0.5, 0.6) is 0 Å². The van der Waals surface area contributed by atoms with Crippen LogP contribution in [-0.4, -0.2) is 21.3 Å². The van der Waals surface area contributed by atoms with Crippen LogP contribution in [0.25, 0.3) is 16.6 Å². The second kappa shape index (κ2) is 5.84. The summed E-state index contributed by atoms with van der Waals surface area (Å²) < 4.78 is 1.90. The van der Waals surface area contributed by atoms with Crippen molar-refractivity contribution < 1.29 is 0 Å². The summed E-state index contributed by atoms with van der Waals surface area (Å²) in [4.78, 5) is 4.47. The number of benzene rings is 1. The molecule has 1 aromatic carbocycles. The van der Waals surface area contributed by atoms with Crippen molar-refractivity contribution in [1.29, 1.82) is 0 Å². The second-order valence-corrected chi connectivity index (χ2v) is 4.78. The predicted octanol–water partition coefficient (Wildman–Crippen LogP) is 2.92. The fourth-order valence-corrected chi connectivity index (χ4v) is 2.26. The lowest BCUT2D eigenvalue weighted by molar-refractivity contribution is 0.657. The maximum atomic E-state index is 4.62. The van der Waals surface area contributed by atoms with Gasteiger partial charge in [-0.05, 0) is 31.2 Å². The van der Waals surface area contributed by atoms with Gasteiger partial charge in [0, 0.05) is 24.3 Å². The molecule has 2 aromatic heterocycles. The van der Waals surface area contributed by atoms with Gasteiger partial charge in [0.15, 0.2) is 0 Å². The van der Waals surface area contributed by atoms with E-state index in [1.54, 1.807) is 0 Å². The Balaban J connectivity index is 1.91. The zero-order valence-corrected chi connectivity index (χ0v) is 11.6. The summed E-state index contributed by atoms with van der Waals surface area (Å²) in [5.41, 5.74) is 3.04. The zero-order chi connectivity index (χ0) is 13.8. The Bertz CT molecular complexity index is 697. The minimum absolute atomic E-state index is 0.805. The van der Waals surface area contributed by atoms with Gasteiger partial charge >= 0.3 is 0 Å². The fraction of sp³-hybridized carbons (Fsp3) is 0.250. The minimum atomic E-state index is 0.805. The van der Waals surface area contributed by atoms with Gasteiger partial charge in [-0.1, -0.05) is 25.1 Å². The third-order valence-electron chi connectivity index (χ3n) is 3.24. The maximum Gasteiger partial charge on any atom is 0.0958 e. The largest absolute Gasteiger partial charge is 0.311 e. The van der Waals surface area contributed by atoms with E-state index in [1.165, 1.54) is 0 Å². The highest BCUT2D eigenvalue weighted by atomic mass is 15.3. The van der Waals surface area contributed by atoms with Crippen molar-refractivity contribution in [3.05, 3.63) is 54.5 Å². The van der Waals surface area contributed by atoms with Gasteiger partial charge in [0.1, 0.15) is 0 Å². The van der Waals surface area contributed by atoms with E-state index >= 15 is 0 Å². The Morgan fingerprint density at radius 1 is 1.15 bits per heavy atom. The van der Waals surface area contributed by atoms with E-state index in [-0.39, 0.29) is 0 Å². The topological polar surface area (TPSA) is 42.7 Å². The van der Waals surface area contributed by atoms with Crippen molar-refractivity contribution in [3.63, 3.8) is 0 Å². The van der Waals surface area contributed by atoms with E-state index in [4.69, 9.17) is 0 Å². The van der Waals surface area contributed by atoms with Crippen LogP contribution in [-0.2, 0) is 6.54 Å². The molecule has 0 atom stereocenters. The number of pyridine rings is 1. The van der Waals surface area contributed by atoms with Gasteiger partial charge in [-0.25, -0.2) is 4.68 Å². The van der Waals surface area contributed by atoms with E-state index in [0.717, 1.165) is 41.8 Å². The fourth-order valence-electron chi connectivity index (χ4n) is 2.26. The Labute approximate surface area is 118 Å². The maximum absolute atomic E-state index is 4.62. The van der Waals surface area contributed by atoms with Crippen LogP contribution in [0.1, 0.15) is 19.0 Å². The number of aromatic nitrogens is 3. The molecular formula is C16H18N4. The molecule has 4 heteroatoms. The molecule has 0 bridgehead atoms. The molecule has 20 heavy (non-hydrogen) atoms. The molecule has 3 rings (SSSR count). The first-order chi connectivity index (χ1) is 9.88. The van der Waals surface area contributed by atoms with Gasteiger partial charge in [0.25, 0.3) is 0 Å². The average molecular weight is 266 g/mol. The first-order valence-electron chi connectivity index (χ1n) is 6.98. The predicted molar refractivity (Wildman–Crippen MR) is 80.9 cm³/mol. The summed E-state index contributed by atoms with van der Waals surface area (Å²) in [6, 6.07) is 12.2. The third-order valence-corrected chi connectivity index (χ3v) is 3.24.